The van der Waals surface area contributed by atoms with Crippen LogP contribution in [0, 0.1) is 0 Å². The minimum absolute atomic E-state index is 0.0600. The van der Waals surface area contributed by atoms with Crippen molar-refractivity contribution in [2.45, 2.75) is 6.04 Å². The lowest BCUT2D eigenvalue weighted by Crippen LogP contribution is -2.28. The summed E-state index contributed by atoms with van der Waals surface area (Å²) in [4.78, 5) is 0. The topological polar surface area (TPSA) is 69.2 Å². The zero-order valence-corrected chi connectivity index (χ0v) is 12.4. The Labute approximate surface area is 119 Å². The highest BCUT2D eigenvalue weighted by Gasteiger charge is 2.21. The van der Waals surface area contributed by atoms with Crippen molar-refractivity contribution < 1.29 is 24.1 Å². The lowest BCUT2D eigenvalue weighted by Gasteiger charge is -2.22. The molecule has 6 nitrogen and oxygen atoms in total. The molecule has 0 heterocycles. The predicted octanol–water partition coefficient (Wildman–Crippen LogP) is 0.982. The Bertz CT molecular complexity index is 411. The van der Waals surface area contributed by atoms with Crippen LogP contribution in [0.1, 0.15) is 11.6 Å². The van der Waals surface area contributed by atoms with Crippen LogP contribution in [0.3, 0.4) is 0 Å². The van der Waals surface area contributed by atoms with Gasteiger partial charge in [-0.25, -0.2) is 0 Å². The van der Waals surface area contributed by atoms with Crippen molar-refractivity contribution in [2.24, 2.45) is 0 Å². The van der Waals surface area contributed by atoms with Crippen LogP contribution < -0.4 is 19.5 Å². The summed E-state index contributed by atoms with van der Waals surface area (Å²) in [6.07, 6.45) is 0. The molecule has 114 valence electrons. The second-order valence-corrected chi connectivity index (χ2v) is 4.11. The van der Waals surface area contributed by atoms with Crippen molar-refractivity contribution in [3.05, 3.63) is 17.7 Å². The number of aliphatic hydroxyl groups is 1. The molecule has 0 fully saturated rings. The Balaban J connectivity index is 3.08. The summed E-state index contributed by atoms with van der Waals surface area (Å²) in [6, 6.07) is 3.37. The fraction of sp³-hybridized carbons (Fsp3) is 0.571. The van der Waals surface area contributed by atoms with Crippen molar-refractivity contribution in [1.82, 2.24) is 5.32 Å². The number of benzene rings is 1. The van der Waals surface area contributed by atoms with Gasteiger partial charge in [-0.2, -0.15) is 0 Å². The van der Waals surface area contributed by atoms with Gasteiger partial charge >= 0.3 is 0 Å². The number of hydrogen-bond donors (Lipinski definition) is 2. The standard InChI is InChI=1S/C14H23NO5/c1-17-8-7-15-11(9-16)10-5-6-12(18-2)14(20-4)13(10)19-3/h5-6,11,15-16H,7-9H2,1-4H3. The van der Waals surface area contributed by atoms with Crippen LogP contribution in [-0.4, -0.2) is 53.3 Å². The number of rotatable bonds is 9. The fourth-order valence-electron chi connectivity index (χ4n) is 2.01. The number of hydrogen-bond acceptors (Lipinski definition) is 6. The van der Waals surface area contributed by atoms with E-state index < -0.39 is 0 Å². The molecule has 0 saturated heterocycles. The maximum atomic E-state index is 9.56. The first kappa shape index (κ1) is 16.6. The summed E-state index contributed by atoms with van der Waals surface area (Å²) in [5, 5.41) is 12.8. The summed E-state index contributed by atoms with van der Waals surface area (Å²) in [5.41, 5.74) is 0.809. The largest absolute Gasteiger partial charge is 0.493 e. The van der Waals surface area contributed by atoms with Crippen LogP contribution in [0.15, 0.2) is 12.1 Å². The van der Waals surface area contributed by atoms with Gasteiger partial charge in [-0.05, 0) is 12.1 Å². The van der Waals surface area contributed by atoms with Gasteiger partial charge < -0.3 is 29.4 Å². The van der Waals surface area contributed by atoms with Gasteiger partial charge in [0, 0.05) is 19.2 Å². The zero-order valence-electron chi connectivity index (χ0n) is 12.4. The van der Waals surface area contributed by atoms with Gasteiger partial charge in [0.1, 0.15) is 0 Å². The van der Waals surface area contributed by atoms with E-state index in [9.17, 15) is 5.11 Å². The molecule has 1 aromatic rings. The van der Waals surface area contributed by atoms with Crippen molar-refractivity contribution in [3.8, 4) is 17.2 Å². The van der Waals surface area contributed by atoms with E-state index in [-0.39, 0.29) is 12.6 Å². The number of methoxy groups -OCH3 is 4. The Morgan fingerprint density at radius 3 is 2.25 bits per heavy atom. The number of nitrogens with one attached hydrogen (secondary N) is 1. The maximum absolute atomic E-state index is 9.56. The predicted molar refractivity (Wildman–Crippen MR) is 75.8 cm³/mol. The first-order valence-electron chi connectivity index (χ1n) is 6.35. The normalized spacial score (nSPS) is 12.1. The molecule has 0 aliphatic carbocycles. The molecule has 1 atom stereocenters. The molecule has 1 rings (SSSR count). The van der Waals surface area contributed by atoms with E-state index in [4.69, 9.17) is 18.9 Å². The summed E-state index contributed by atoms with van der Waals surface area (Å²) in [5.74, 6) is 1.65. The lowest BCUT2D eigenvalue weighted by atomic mass is 10.0. The molecule has 6 heteroatoms. The summed E-state index contributed by atoms with van der Waals surface area (Å²) in [6.45, 7) is 1.13. The fourth-order valence-corrected chi connectivity index (χ4v) is 2.01. The second kappa shape index (κ2) is 8.63. The van der Waals surface area contributed by atoms with Crippen LogP contribution in [0.4, 0.5) is 0 Å². The molecule has 1 aromatic carbocycles. The van der Waals surface area contributed by atoms with Crippen molar-refractivity contribution in [2.75, 3.05) is 48.2 Å². The molecule has 1 unspecified atom stereocenters. The average molecular weight is 285 g/mol. The van der Waals surface area contributed by atoms with E-state index in [0.717, 1.165) is 5.56 Å². The monoisotopic (exact) mass is 285 g/mol. The van der Waals surface area contributed by atoms with E-state index in [1.165, 1.54) is 0 Å². The molecule has 0 aliphatic heterocycles. The minimum Gasteiger partial charge on any atom is -0.493 e. The lowest BCUT2D eigenvalue weighted by molar-refractivity contribution is 0.183. The third-order valence-electron chi connectivity index (χ3n) is 2.99. The van der Waals surface area contributed by atoms with Crippen LogP contribution >= 0.6 is 0 Å². The summed E-state index contributed by atoms with van der Waals surface area (Å²) in [7, 11) is 6.31. The van der Waals surface area contributed by atoms with E-state index in [1.807, 2.05) is 6.07 Å². The third-order valence-corrected chi connectivity index (χ3v) is 2.99. The highest BCUT2D eigenvalue weighted by atomic mass is 16.5. The highest BCUT2D eigenvalue weighted by Crippen LogP contribution is 2.41. The molecule has 0 spiro atoms. The van der Waals surface area contributed by atoms with E-state index in [0.29, 0.717) is 30.4 Å². The van der Waals surface area contributed by atoms with Crippen molar-refractivity contribution in [1.29, 1.82) is 0 Å². The van der Waals surface area contributed by atoms with Gasteiger partial charge in [-0.1, -0.05) is 0 Å². The molecule has 0 radical (unpaired) electrons. The Morgan fingerprint density at radius 2 is 1.75 bits per heavy atom. The molecule has 0 bridgehead atoms. The van der Waals surface area contributed by atoms with Gasteiger partial charge in [0.25, 0.3) is 0 Å². The molecule has 20 heavy (non-hydrogen) atoms. The summed E-state index contributed by atoms with van der Waals surface area (Å²) < 4.78 is 21.0. The van der Waals surface area contributed by atoms with Gasteiger partial charge in [0.05, 0.1) is 40.6 Å². The molecule has 0 saturated carbocycles. The Hall–Kier alpha value is -1.50. The van der Waals surface area contributed by atoms with E-state index >= 15 is 0 Å². The summed E-state index contributed by atoms with van der Waals surface area (Å²) >= 11 is 0. The third kappa shape index (κ3) is 3.75. The Morgan fingerprint density at radius 1 is 1.05 bits per heavy atom. The molecule has 2 N–H and O–H groups in total. The van der Waals surface area contributed by atoms with Gasteiger partial charge in [-0.15, -0.1) is 0 Å². The average Bonchev–Trinajstić information content (AvgIpc) is 2.50. The molecule has 0 aliphatic rings. The smallest absolute Gasteiger partial charge is 0.203 e. The SMILES string of the molecule is COCCNC(CO)c1ccc(OC)c(OC)c1OC. The first-order chi connectivity index (χ1) is 9.73. The van der Waals surface area contributed by atoms with E-state index in [2.05, 4.69) is 5.32 Å². The quantitative estimate of drug-likeness (QED) is 0.659. The van der Waals surface area contributed by atoms with Crippen LogP contribution in [-0.2, 0) is 4.74 Å². The van der Waals surface area contributed by atoms with Gasteiger partial charge in [-0.3, -0.25) is 0 Å². The van der Waals surface area contributed by atoms with Crippen LogP contribution in [0.5, 0.6) is 17.2 Å². The molecule has 0 amide bonds. The zero-order chi connectivity index (χ0) is 15.0. The number of ether oxygens (including phenoxy) is 4. The van der Waals surface area contributed by atoms with Crippen LogP contribution in [0.2, 0.25) is 0 Å². The van der Waals surface area contributed by atoms with Gasteiger partial charge in [0.15, 0.2) is 11.5 Å². The minimum atomic E-state index is -0.264. The van der Waals surface area contributed by atoms with E-state index in [1.54, 1.807) is 34.5 Å². The van der Waals surface area contributed by atoms with Crippen molar-refractivity contribution in [3.63, 3.8) is 0 Å². The Kier molecular flexibility index (Phi) is 7.14. The molecule has 0 aromatic heterocycles. The first-order valence-corrected chi connectivity index (χ1v) is 6.35. The highest BCUT2D eigenvalue weighted by molar-refractivity contribution is 5.56. The number of aliphatic hydroxyl groups excluding tert-OH is 1. The van der Waals surface area contributed by atoms with Crippen molar-refractivity contribution >= 4 is 0 Å². The maximum Gasteiger partial charge on any atom is 0.203 e. The molecular formula is C14H23NO5. The second-order valence-electron chi connectivity index (χ2n) is 4.11. The van der Waals surface area contributed by atoms with Crippen LogP contribution in [0.25, 0.3) is 0 Å². The van der Waals surface area contributed by atoms with Gasteiger partial charge in [0.2, 0.25) is 5.75 Å². The molecular weight excluding hydrogens is 262 g/mol.